The number of alkyl halides is 3. The number of benzene rings is 3. The molecule has 186 valence electrons. The molecule has 0 N–H and O–H groups in total. The fourth-order valence-corrected chi connectivity index (χ4v) is 5.64. The molecular weight excluding hydrogens is 475 g/mol. The van der Waals surface area contributed by atoms with Crippen molar-refractivity contribution < 1.29 is 26.3 Å². The second kappa shape index (κ2) is 10.5. The van der Waals surface area contributed by atoms with Gasteiger partial charge in [-0.3, -0.25) is 0 Å². The maximum atomic E-state index is 12.9. The average molecular weight is 504 g/mol. The van der Waals surface area contributed by atoms with E-state index in [0.29, 0.717) is 25.1 Å². The first-order valence-electron chi connectivity index (χ1n) is 11.5. The van der Waals surface area contributed by atoms with Crippen LogP contribution in [0.15, 0.2) is 84.9 Å². The summed E-state index contributed by atoms with van der Waals surface area (Å²) >= 11 is 0. The fourth-order valence-electron chi connectivity index (χ4n) is 4.76. The molecule has 0 radical (unpaired) electrons. The van der Waals surface area contributed by atoms with Crippen molar-refractivity contribution in [3.8, 4) is 0 Å². The summed E-state index contributed by atoms with van der Waals surface area (Å²) in [6.07, 6.45) is -2.95. The Kier molecular flexibility index (Phi) is 7.64. The van der Waals surface area contributed by atoms with Gasteiger partial charge in [0.15, 0.2) is 0 Å². The maximum Gasteiger partial charge on any atom is 0.416 e. The molecule has 1 fully saturated rings. The van der Waals surface area contributed by atoms with Crippen LogP contribution < -0.4 is 0 Å². The molecule has 0 aliphatic carbocycles. The van der Waals surface area contributed by atoms with Crippen LogP contribution >= 0.6 is 0 Å². The standard InChI is InChI=1S/C27H28F3NO3S/c1-35(32,33)31-17-16-25(34-19-20-12-14-23(15-13-20)27(28,29)30)24(18-31)26(21-8-4-2-5-9-21)22-10-6-3-7-11-22/h2-15,24-26H,16-19H2,1H3. The van der Waals surface area contributed by atoms with Gasteiger partial charge < -0.3 is 4.74 Å². The van der Waals surface area contributed by atoms with E-state index in [1.54, 1.807) is 0 Å². The quantitative estimate of drug-likeness (QED) is 0.415. The summed E-state index contributed by atoms with van der Waals surface area (Å²) in [5.41, 5.74) is 2.05. The van der Waals surface area contributed by atoms with Crippen molar-refractivity contribution in [2.45, 2.75) is 31.2 Å². The molecule has 3 aromatic rings. The first-order valence-corrected chi connectivity index (χ1v) is 13.3. The van der Waals surface area contributed by atoms with Crippen molar-refractivity contribution in [2.75, 3.05) is 19.3 Å². The molecule has 1 aliphatic rings. The maximum absolute atomic E-state index is 12.9. The van der Waals surface area contributed by atoms with Crippen LogP contribution in [0.5, 0.6) is 0 Å². The highest BCUT2D eigenvalue weighted by atomic mass is 32.2. The lowest BCUT2D eigenvalue weighted by molar-refractivity contribution is -0.137. The Morgan fingerprint density at radius 3 is 1.94 bits per heavy atom. The highest BCUT2D eigenvalue weighted by Gasteiger charge is 2.39. The summed E-state index contributed by atoms with van der Waals surface area (Å²) in [6.45, 7) is 0.781. The number of nitrogens with zero attached hydrogens (tertiary/aromatic N) is 1. The first-order chi connectivity index (χ1) is 16.6. The molecule has 0 aromatic heterocycles. The molecular formula is C27H28F3NO3S. The molecule has 3 aromatic carbocycles. The van der Waals surface area contributed by atoms with Gasteiger partial charge in [0.1, 0.15) is 0 Å². The number of rotatable bonds is 7. The zero-order chi connectivity index (χ0) is 25.1. The Hall–Kier alpha value is -2.68. The molecule has 8 heteroatoms. The van der Waals surface area contributed by atoms with E-state index < -0.39 is 21.8 Å². The van der Waals surface area contributed by atoms with Gasteiger partial charge >= 0.3 is 6.18 Å². The van der Waals surface area contributed by atoms with Gasteiger partial charge in [-0.25, -0.2) is 12.7 Å². The van der Waals surface area contributed by atoms with E-state index in [1.807, 2.05) is 60.7 Å². The Balaban J connectivity index is 1.63. The van der Waals surface area contributed by atoms with E-state index in [2.05, 4.69) is 0 Å². The van der Waals surface area contributed by atoms with Crippen LogP contribution in [0, 0.1) is 5.92 Å². The van der Waals surface area contributed by atoms with E-state index in [-0.39, 0.29) is 24.5 Å². The van der Waals surface area contributed by atoms with E-state index in [9.17, 15) is 21.6 Å². The number of piperidine rings is 1. The monoisotopic (exact) mass is 503 g/mol. The second-order valence-electron chi connectivity index (χ2n) is 8.92. The van der Waals surface area contributed by atoms with Crippen molar-refractivity contribution in [3.05, 3.63) is 107 Å². The average Bonchev–Trinajstić information content (AvgIpc) is 2.84. The molecule has 1 saturated heterocycles. The number of sulfonamides is 1. The SMILES string of the molecule is CS(=O)(=O)N1CCC(OCc2ccc(C(F)(F)F)cc2)C(C(c2ccccc2)c2ccccc2)C1. The van der Waals surface area contributed by atoms with Gasteiger partial charge in [0.25, 0.3) is 0 Å². The molecule has 0 saturated carbocycles. The van der Waals surface area contributed by atoms with E-state index in [0.717, 1.165) is 23.3 Å². The number of halogens is 3. The smallest absolute Gasteiger partial charge is 0.373 e. The molecule has 0 amide bonds. The molecule has 4 rings (SSSR count). The van der Waals surface area contributed by atoms with Crippen LogP contribution in [0.2, 0.25) is 0 Å². The second-order valence-corrected chi connectivity index (χ2v) is 10.9. The third kappa shape index (κ3) is 6.31. The van der Waals surface area contributed by atoms with Crippen LogP contribution in [-0.4, -0.2) is 38.2 Å². The molecule has 0 spiro atoms. The zero-order valence-corrected chi connectivity index (χ0v) is 20.2. The topological polar surface area (TPSA) is 46.6 Å². The van der Waals surface area contributed by atoms with Gasteiger partial charge in [-0.1, -0.05) is 72.8 Å². The van der Waals surface area contributed by atoms with Crippen molar-refractivity contribution in [1.82, 2.24) is 4.31 Å². The van der Waals surface area contributed by atoms with Crippen molar-refractivity contribution in [3.63, 3.8) is 0 Å². The molecule has 1 aliphatic heterocycles. The van der Waals surface area contributed by atoms with Gasteiger partial charge in [-0.2, -0.15) is 13.2 Å². The summed E-state index contributed by atoms with van der Waals surface area (Å²) in [5.74, 6) is -0.294. The van der Waals surface area contributed by atoms with Crippen LogP contribution in [-0.2, 0) is 27.5 Å². The Morgan fingerprint density at radius 1 is 0.914 bits per heavy atom. The zero-order valence-electron chi connectivity index (χ0n) is 19.4. The predicted molar refractivity (Wildman–Crippen MR) is 129 cm³/mol. The van der Waals surface area contributed by atoms with Gasteiger partial charge in [-0.15, -0.1) is 0 Å². The van der Waals surface area contributed by atoms with Gasteiger partial charge in [0.2, 0.25) is 10.0 Å². The van der Waals surface area contributed by atoms with Crippen molar-refractivity contribution in [1.29, 1.82) is 0 Å². The highest BCUT2D eigenvalue weighted by molar-refractivity contribution is 7.88. The van der Waals surface area contributed by atoms with Crippen LogP contribution in [0.25, 0.3) is 0 Å². The predicted octanol–water partition coefficient (Wildman–Crippen LogP) is 5.70. The number of hydrogen-bond donors (Lipinski definition) is 0. The largest absolute Gasteiger partial charge is 0.416 e. The summed E-state index contributed by atoms with van der Waals surface area (Å²) in [6, 6.07) is 24.8. The van der Waals surface area contributed by atoms with Gasteiger partial charge in [0, 0.05) is 24.9 Å². The van der Waals surface area contributed by atoms with Crippen LogP contribution in [0.4, 0.5) is 13.2 Å². The first kappa shape index (κ1) is 25.4. The Labute approximate surface area is 204 Å². The third-order valence-electron chi connectivity index (χ3n) is 6.51. The van der Waals surface area contributed by atoms with Crippen molar-refractivity contribution >= 4 is 10.0 Å². The number of hydrogen-bond acceptors (Lipinski definition) is 3. The lowest BCUT2D eigenvalue weighted by atomic mass is 9.76. The number of ether oxygens (including phenoxy) is 1. The normalized spacial score (nSPS) is 19.7. The molecule has 1 heterocycles. The van der Waals surface area contributed by atoms with Crippen LogP contribution in [0.1, 0.15) is 34.6 Å². The Bertz CT molecular complexity index is 1160. The molecule has 35 heavy (non-hydrogen) atoms. The van der Waals surface area contributed by atoms with Gasteiger partial charge in [-0.05, 0) is 35.2 Å². The van der Waals surface area contributed by atoms with Gasteiger partial charge in [0.05, 0.1) is 24.5 Å². The summed E-state index contributed by atoms with van der Waals surface area (Å²) in [4.78, 5) is 0. The molecule has 2 atom stereocenters. The van der Waals surface area contributed by atoms with E-state index >= 15 is 0 Å². The Morgan fingerprint density at radius 2 is 1.46 bits per heavy atom. The minimum Gasteiger partial charge on any atom is -0.373 e. The lowest BCUT2D eigenvalue weighted by Crippen LogP contribution is -2.48. The molecule has 2 unspecified atom stereocenters. The third-order valence-corrected chi connectivity index (χ3v) is 7.78. The van der Waals surface area contributed by atoms with Crippen molar-refractivity contribution in [2.24, 2.45) is 5.92 Å². The fraction of sp³-hybridized carbons (Fsp3) is 0.333. The molecule has 4 nitrogen and oxygen atoms in total. The van der Waals surface area contributed by atoms with E-state index in [4.69, 9.17) is 4.74 Å². The van der Waals surface area contributed by atoms with Crippen LogP contribution in [0.3, 0.4) is 0 Å². The lowest BCUT2D eigenvalue weighted by Gasteiger charge is -2.41. The van der Waals surface area contributed by atoms with E-state index in [1.165, 1.54) is 22.7 Å². The molecule has 0 bridgehead atoms. The summed E-state index contributed by atoms with van der Waals surface area (Å²) < 4.78 is 71.3. The highest BCUT2D eigenvalue weighted by Crippen LogP contribution is 2.39. The summed E-state index contributed by atoms with van der Waals surface area (Å²) in [7, 11) is -3.39. The minimum atomic E-state index is -4.39. The minimum absolute atomic E-state index is 0.112. The summed E-state index contributed by atoms with van der Waals surface area (Å²) in [5, 5.41) is 0.